The van der Waals surface area contributed by atoms with E-state index < -0.39 is 11.6 Å². The predicted molar refractivity (Wildman–Crippen MR) is 120 cm³/mol. The van der Waals surface area contributed by atoms with Gasteiger partial charge in [0, 0.05) is 50.4 Å². The lowest BCUT2D eigenvalue weighted by Gasteiger charge is -2.35. The van der Waals surface area contributed by atoms with Crippen LogP contribution in [-0.4, -0.2) is 53.4 Å². The second kappa shape index (κ2) is 10.9. The Morgan fingerprint density at radius 2 is 2.21 bits per heavy atom. The van der Waals surface area contributed by atoms with E-state index in [2.05, 4.69) is 15.3 Å². The van der Waals surface area contributed by atoms with Crippen molar-refractivity contribution in [1.82, 2.24) is 20.0 Å². The Labute approximate surface area is 187 Å². The Balaban J connectivity index is 0.00000300. The quantitative estimate of drug-likeness (QED) is 0.374. The zero-order chi connectivity index (χ0) is 20.1. The number of nitrogens with zero attached hydrogens (tertiary/aromatic N) is 4. The summed E-state index contributed by atoms with van der Waals surface area (Å²) in [5.41, 5.74) is 1.50. The van der Waals surface area contributed by atoms with E-state index in [1.165, 1.54) is 12.1 Å². The first-order valence-electron chi connectivity index (χ1n) is 9.56. The number of hydrogen-bond donors (Lipinski definition) is 1. The van der Waals surface area contributed by atoms with Gasteiger partial charge in [-0.1, -0.05) is 13.0 Å². The molecule has 0 bridgehead atoms. The van der Waals surface area contributed by atoms with Gasteiger partial charge in [-0.25, -0.2) is 8.78 Å². The first-order valence-corrected chi connectivity index (χ1v) is 9.56. The number of aliphatic imine (C=N–C) groups is 1. The summed E-state index contributed by atoms with van der Waals surface area (Å²) in [6.07, 6.45) is 3.70. The van der Waals surface area contributed by atoms with Crippen molar-refractivity contribution in [2.75, 3.05) is 32.8 Å². The Morgan fingerprint density at radius 1 is 1.41 bits per heavy atom. The van der Waals surface area contributed by atoms with Gasteiger partial charge in [0.15, 0.2) is 5.96 Å². The van der Waals surface area contributed by atoms with E-state index in [9.17, 15) is 8.78 Å². The molecule has 6 nitrogen and oxygen atoms in total. The molecule has 0 radical (unpaired) electrons. The fourth-order valence-electron chi connectivity index (χ4n) is 3.30. The number of aryl methyl sites for hydroxylation is 1. The van der Waals surface area contributed by atoms with Crippen molar-refractivity contribution < 1.29 is 13.5 Å². The lowest BCUT2D eigenvalue weighted by Crippen LogP contribution is -2.48. The van der Waals surface area contributed by atoms with Gasteiger partial charge in [0.05, 0.1) is 19.3 Å². The molecule has 29 heavy (non-hydrogen) atoms. The lowest BCUT2D eigenvalue weighted by atomic mass is 10.0. The highest BCUT2D eigenvalue weighted by atomic mass is 127. The predicted octanol–water partition coefficient (Wildman–Crippen LogP) is 3.46. The van der Waals surface area contributed by atoms with Crippen LogP contribution in [0.25, 0.3) is 0 Å². The number of ether oxygens (including phenoxy) is 1. The zero-order valence-electron chi connectivity index (χ0n) is 16.9. The first-order chi connectivity index (χ1) is 13.5. The van der Waals surface area contributed by atoms with Crippen molar-refractivity contribution >= 4 is 29.9 Å². The molecule has 1 fully saturated rings. The van der Waals surface area contributed by atoms with E-state index >= 15 is 0 Å². The summed E-state index contributed by atoms with van der Waals surface area (Å²) in [7, 11) is 1.88. The molecule has 2 atom stereocenters. The molecule has 0 saturated carbocycles. The van der Waals surface area contributed by atoms with Crippen molar-refractivity contribution in [3.05, 3.63) is 53.4 Å². The number of morpholine rings is 1. The van der Waals surface area contributed by atoms with Crippen LogP contribution in [0.5, 0.6) is 0 Å². The highest BCUT2D eigenvalue weighted by Gasteiger charge is 2.25. The summed E-state index contributed by atoms with van der Waals surface area (Å²) in [5.74, 6) is -0.491. The molecule has 0 amide bonds. The van der Waals surface area contributed by atoms with E-state index in [-0.39, 0.29) is 36.0 Å². The number of nitrogens with one attached hydrogen (secondary N) is 1. The fourth-order valence-corrected chi connectivity index (χ4v) is 3.30. The fraction of sp³-hybridized carbons (Fsp3) is 0.500. The van der Waals surface area contributed by atoms with Gasteiger partial charge in [-0.3, -0.25) is 9.67 Å². The number of benzene rings is 1. The van der Waals surface area contributed by atoms with Crippen LogP contribution in [0.1, 0.15) is 37.0 Å². The number of rotatable bonds is 5. The van der Waals surface area contributed by atoms with Crippen molar-refractivity contribution in [1.29, 1.82) is 0 Å². The second-order valence-corrected chi connectivity index (χ2v) is 7.01. The third-order valence-corrected chi connectivity index (χ3v) is 4.81. The third-order valence-electron chi connectivity index (χ3n) is 4.81. The SMILES string of the molecule is CCNC(=NCC(C)c1ccc(F)cc1F)N1CCOC(c2cnn(C)c2)C1.I. The Hall–Kier alpha value is -1.75. The highest BCUT2D eigenvalue weighted by Crippen LogP contribution is 2.23. The van der Waals surface area contributed by atoms with Gasteiger partial charge < -0.3 is 15.0 Å². The van der Waals surface area contributed by atoms with E-state index in [0.29, 0.717) is 25.3 Å². The number of hydrogen-bond acceptors (Lipinski definition) is 3. The van der Waals surface area contributed by atoms with Crippen LogP contribution in [-0.2, 0) is 11.8 Å². The molecule has 1 aliphatic rings. The van der Waals surface area contributed by atoms with Crippen molar-refractivity contribution in [3.8, 4) is 0 Å². The summed E-state index contributed by atoms with van der Waals surface area (Å²) in [6, 6.07) is 3.69. The average Bonchev–Trinajstić information content (AvgIpc) is 3.11. The summed E-state index contributed by atoms with van der Waals surface area (Å²) in [5, 5.41) is 7.52. The van der Waals surface area contributed by atoms with Crippen LogP contribution in [0, 0.1) is 11.6 Å². The summed E-state index contributed by atoms with van der Waals surface area (Å²) in [6.45, 7) is 7.01. The Morgan fingerprint density at radius 3 is 2.86 bits per heavy atom. The molecule has 9 heteroatoms. The third kappa shape index (κ3) is 6.11. The molecule has 2 unspecified atom stereocenters. The van der Waals surface area contributed by atoms with Crippen LogP contribution in [0.15, 0.2) is 35.6 Å². The largest absolute Gasteiger partial charge is 0.370 e. The lowest BCUT2D eigenvalue weighted by molar-refractivity contribution is -0.00804. The molecular weight excluding hydrogens is 491 g/mol. The minimum Gasteiger partial charge on any atom is -0.370 e. The minimum absolute atomic E-state index is 0. The van der Waals surface area contributed by atoms with Crippen LogP contribution < -0.4 is 5.32 Å². The molecule has 1 aromatic carbocycles. The van der Waals surface area contributed by atoms with Crippen molar-refractivity contribution in [2.45, 2.75) is 25.9 Å². The van der Waals surface area contributed by atoms with Crippen LogP contribution in [0.4, 0.5) is 8.78 Å². The average molecular weight is 519 g/mol. The molecule has 1 N–H and O–H groups in total. The molecule has 2 heterocycles. The summed E-state index contributed by atoms with van der Waals surface area (Å²) >= 11 is 0. The molecule has 1 aromatic heterocycles. The maximum absolute atomic E-state index is 14.0. The molecule has 0 aliphatic carbocycles. The smallest absolute Gasteiger partial charge is 0.194 e. The molecule has 2 aromatic rings. The second-order valence-electron chi connectivity index (χ2n) is 7.01. The van der Waals surface area contributed by atoms with Gasteiger partial charge in [-0.05, 0) is 18.6 Å². The standard InChI is InChI=1S/C20H27F2N5O.HI/c1-4-23-20(24-10-14(2)17-6-5-16(21)9-18(17)22)27-7-8-28-19(13-27)15-11-25-26(3)12-15;/h5-6,9,11-12,14,19H,4,7-8,10,13H2,1-3H3,(H,23,24);1H. The van der Waals surface area contributed by atoms with E-state index in [1.54, 1.807) is 4.68 Å². The van der Waals surface area contributed by atoms with E-state index in [1.807, 2.05) is 33.3 Å². The minimum atomic E-state index is -0.569. The molecule has 0 spiro atoms. The number of aromatic nitrogens is 2. The van der Waals surface area contributed by atoms with Crippen LogP contribution in [0.3, 0.4) is 0 Å². The number of halogens is 3. The van der Waals surface area contributed by atoms with E-state index in [0.717, 1.165) is 30.7 Å². The van der Waals surface area contributed by atoms with Crippen LogP contribution >= 0.6 is 24.0 Å². The molecule has 1 saturated heterocycles. The maximum Gasteiger partial charge on any atom is 0.194 e. The van der Waals surface area contributed by atoms with Crippen molar-refractivity contribution in [2.24, 2.45) is 12.0 Å². The van der Waals surface area contributed by atoms with Crippen LogP contribution in [0.2, 0.25) is 0 Å². The van der Waals surface area contributed by atoms with Gasteiger partial charge >= 0.3 is 0 Å². The highest BCUT2D eigenvalue weighted by molar-refractivity contribution is 14.0. The Bertz CT molecular complexity index is 829. The zero-order valence-corrected chi connectivity index (χ0v) is 19.3. The van der Waals surface area contributed by atoms with Gasteiger partial charge in [-0.15, -0.1) is 24.0 Å². The Kier molecular flexibility index (Phi) is 8.81. The first kappa shape index (κ1) is 23.5. The molecular formula is C20H28F2IN5O. The topological polar surface area (TPSA) is 54.7 Å². The molecule has 1 aliphatic heterocycles. The summed E-state index contributed by atoms with van der Waals surface area (Å²) < 4.78 is 34.8. The van der Waals surface area contributed by atoms with Gasteiger partial charge in [0.2, 0.25) is 0 Å². The van der Waals surface area contributed by atoms with Gasteiger partial charge in [-0.2, -0.15) is 5.10 Å². The van der Waals surface area contributed by atoms with Crippen molar-refractivity contribution in [3.63, 3.8) is 0 Å². The van der Waals surface area contributed by atoms with Gasteiger partial charge in [0.25, 0.3) is 0 Å². The molecule has 160 valence electrons. The number of guanidine groups is 1. The molecule has 3 rings (SSSR count). The monoisotopic (exact) mass is 519 g/mol. The summed E-state index contributed by atoms with van der Waals surface area (Å²) in [4.78, 5) is 6.86. The van der Waals surface area contributed by atoms with Gasteiger partial charge in [0.1, 0.15) is 17.7 Å². The van der Waals surface area contributed by atoms with E-state index in [4.69, 9.17) is 9.73 Å². The normalized spacial score (nSPS) is 18.3. The maximum atomic E-state index is 14.0.